The van der Waals surface area contributed by atoms with E-state index in [2.05, 4.69) is 4.90 Å². The van der Waals surface area contributed by atoms with Crippen LogP contribution in [-0.4, -0.2) is 37.1 Å². The van der Waals surface area contributed by atoms with Gasteiger partial charge < -0.3 is 4.90 Å². The highest BCUT2D eigenvalue weighted by molar-refractivity contribution is 5.48. The Morgan fingerprint density at radius 3 is 2.47 bits per heavy atom. The van der Waals surface area contributed by atoms with Gasteiger partial charge in [0.2, 0.25) is 0 Å². The summed E-state index contributed by atoms with van der Waals surface area (Å²) in [5, 5.41) is 0. The molecule has 2 fully saturated rings. The molecule has 0 aromatic heterocycles. The molecule has 3 rings (SSSR count). The van der Waals surface area contributed by atoms with E-state index >= 15 is 0 Å². The summed E-state index contributed by atoms with van der Waals surface area (Å²) in [7, 11) is 0. The molecular formula is C14H17F3N2. The van der Waals surface area contributed by atoms with E-state index in [1.807, 2.05) is 4.90 Å². The van der Waals surface area contributed by atoms with Crippen molar-refractivity contribution in [1.29, 1.82) is 0 Å². The summed E-state index contributed by atoms with van der Waals surface area (Å²) in [4.78, 5) is 4.27. The number of nitrogens with zero attached hydrogens (tertiary/aromatic N) is 2. The standard InChI is InChI=1S/C14H17F3N2/c15-11-7-13(17)14(8-12(11)16)19-6-2-5-18-4-1-3-10(18)9-19/h7-8,10H,1-6,9H2. The van der Waals surface area contributed by atoms with Gasteiger partial charge in [-0.2, -0.15) is 0 Å². The minimum absolute atomic E-state index is 0.188. The third-order valence-electron chi connectivity index (χ3n) is 4.13. The topological polar surface area (TPSA) is 6.48 Å². The van der Waals surface area contributed by atoms with Gasteiger partial charge >= 0.3 is 0 Å². The Labute approximate surface area is 110 Å². The van der Waals surface area contributed by atoms with Crippen LogP contribution in [0, 0.1) is 17.5 Å². The van der Waals surface area contributed by atoms with Crippen molar-refractivity contribution in [2.45, 2.75) is 25.3 Å². The second kappa shape index (κ2) is 5.04. The average Bonchev–Trinajstić information content (AvgIpc) is 2.71. The van der Waals surface area contributed by atoms with Crippen LogP contribution in [0.5, 0.6) is 0 Å². The molecular weight excluding hydrogens is 253 g/mol. The molecule has 2 nitrogen and oxygen atoms in total. The van der Waals surface area contributed by atoms with E-state index in [0.717, 1.165) is 32.0 Å². The molecule has 2 heterocycles. The van der Waals surface area contributed by atoms with Crippen LogP contribution < -0.4 is 4.90 Å². The summed E-state index contributed by atoms with van der Waals surface area (Å²) >= 11 is 0. The molecule has 1 atom stereocenters. The van der Waals surface area contributed by atoms with Gasteiger partial charge in [-0.15, -0.1) is 0 Å². The lowest BCUT2D eigenvalue weighted by molar-refractivity contribution is 0.273. The minimum Gasteiger partial charge on any atom is -0.367 e. The maximum Gasteiger partial charge on any atom is 0.161 e. The van der Waals surface area contributed by atoms with Gasteiger partial charge in [-0.25, -0.2) is 13.2 Å². The molecule has 1 unspecified atom stereocenters. The first kappa shape index (κ1) is 12.8. The van der Waals surface area contributed by atoms with Crippen molar-refractivity contribution >= 4 is 5.69 Å². The van der Waals surface area contributed by atoms with Gasteiger partial charge in [-0.1, -0.05) is 0 Å². The Kier molecular flexibility index (Phi) is 3.39. The predicted octanol–water partition coefficient (Wildman–Crippen LogP) is 2.78. The lowest BCUT2D eigenvalue weighted by Crippen LogP contribution is -2.37. The molecule has 0 radical (unpaired) electrons. The van der Waals surface area contributed by atoms with Gasteiger partial charge in [0.1, 0.15) is 5.82 Å². The second-order valence-electron chi connectivity index (χ2n) is 5.35. The quantitative estimate of drug-likeness (QED) is 0.724. The minimum atomic E-state index is -1.13. The van der Waals surface area contributed by atoms with Crippen LogP contribution in [0.4, 0.5) is 18.9 Å². The molecule has 0 amide bonds. The Bertz CT molecular complexity index is 478. The largest absolute Gasteiger partial charge is 0.367 e. The molecule has 0 saturated carbocycles. The summed E-state index contributed by atoms with van der Waals surface area (Å²) < 4.78 is 40.1. The number of anilines is 1. The van der Waals surface area contributed by atoms with E-state index in [1.165, 1.54) is 6.42 Å². The zero-order chi connectivity index (χ0) is 13.4. The number of hydrogen-bond acceptors (Lipinski definition) is 2. The van der Waals surface area contributed by atoms with Crippen molar-refractivity contribution in [1.82, 2.24) is 4.90 Å². The molecule has 2 saturated heterocycles. The lowest BCUT2D eigenvalue weighted by atomic mass is 10.2. The molecule has 2 aliphatic heterocycles. The summed E-state index contributed by atoms with van der Waals surface area (Å²) in [6.07, 6.45) is 3.19. The van der Waals surface area contributed by atoms with Crippen LogP contribution >= 0.6 is 0 Å². The van der Waals surface area contributed by atoms with Crippen molar-refractivity contribution in [3.63, 3.8) is 0 Å². The van der Waals surface area contributed by atoms with Gasteiger partial charge in [-0.3, -0.25) is 4.90 Å². The highest BCUT2D eigenvalue weighted by atomic mass is 19.2. The molecule has 1 aromatic rings. The van der Waals surface area contributed by atoms with Gasteiger partial charge in [0.05, 0.1) is 5.69 Å². The van der Waals surface area contributed by atoms with Crippen LogP contribution in [-0.2, 0) is 0 Å². The molecule has 1 aromatic carbocycles. The monoisotopic (exact) mass is 270 g/mol. The van der Waals surface area contributed by atoms with E-state index in [0.29, 0.717) is 25.2 Å². The number of hydrogen-bond donors (Lipinski definition) is 0. The Hall–Kier alpha value is -1.23. The summed E-state index contributed by atoms with van der Waals surface area (Å²) in [5.41, 5.74) is 0.188. The van der Waals surface area contributed by atoms with Gasteiger partial charge in [-0.05, 0) is 25.8 Å². The normalized spacial score (nSPS) is 24.4. The van der Waals surface area contributed by atoms with Crippen LogP contribution in [0.1, 0.15) is 19.3 Å². The molecule has 5 heteroatoms. The highest BCUT2D eigenvalue weighted by Crippen LogP contribution is 2.28. The smallest absolute Gasteiger partial charge is 0.161 e. The molecule has 19 heavy (non-hydrogen) atoms. The first-order chi connectivity index (χ1) is 9.15. The third kappa shape index (κ3) is 2.43. The van der Waals surface area contributed by atoms with Crippen LogP contribution in [0.2, 0.25) is 0 Å². The first-order valence-electron chi connectivity index (χ1n) is 6.78. The Morgan fingerprint density at radius 2 is 1.63 bits per heavy atom. The summed E-state index contributed by atoms with van der Waals surface area (Å²) in [6.45, 7) is 3.49. The zero-order valence-corrected chi connectivity index (χ0v) is 10.7. The van der Waals surface area contributed by atoms with Crippen LogP contribution in [0.25, 0.3) is 0 Å². The lowest BCUT2D eigenvalue weighted by Gasteiger charge is -2.27. The molecule has 2 aliphatic rings. The van der Waals surface area contributed by atoms with Gasteiger partial charge in [0.25, 0.3) is 0 Å². The van der Waals surface area contributed by atoms with Gasteiger partial charge in [0, 0.05) is 37.8 Å². The Balaban J connectivity index is 1.86. The summed E-state index contributed by atoms with van der Waals surface area (Å²) in [5.74, 6) is -2.78. The van der Waals surface area contributed by atoms with E-state index < -0.39 is 17.5 Å². The molecule has 0 N–H and O–H groups in total. The van der Waals surface area contributed by atoms with Crippen molar-refractivity contribution in [2.24, 2.45) is 0 Å². The van der Waals surface area contributed by atoms with Crippen LogP contribution in [0.3, 0.4) is 0 Å². The maximum atomic E-state index is 13.8. The fourth-order valence-electron chi connectivity index (χ4n) is 3.18. The zero-order valence-electron chi connectivity index (χ0n) is 10.7. The fourth-order valence-corrected chi connectivity index (χ4v) is 3.18. The van der Waals surface area contributed by atoms with Crippen molar-refractivity contribution in [2.75, 3.05) is 31.1 Å². The number of rotatable bonds is 1. The van der Waals surface area contributed by atoms with E-state index in [-0.39, 0.29) is 5.69 Å². The molecule has 0 spiro atoms. The third-order valence-corrected chi connectivity index (χ3v) is 4.13. The van der Waals surface area contributed by atoms with Crippen molar-refractivity contribution in [3.05, 3.63) is 29.6 Å². The number of benzene rings is 1. The van der Waals surface area contributed by atoms with Crippen LogP contribution in [0.15, 0.2) is 12.1 Å². The number of halogens is 3. The highest BCUT2D eigenvalue weighted by Gasteiger charge is 2.29. The second-order valence-corrected chi connectivity index (χ2v) is 5.35. The van der Waals surface area contributed by atoms with Crippen molar-refractivity contribution < 1.29 is 13.2 Å². The predicted molar refractivity (Wildman–Crippen MR) is 67.7 cm³/mol. The van der Waals surface area contributed by atoms with E-state index in [4.69, 9.17) is 0 Å². The number of fused-ring (bicyclic) bond motifs is 1. The summed E-state index contributed by atoms with van der Waals surface area (Å²) in [6, 6.07) is 2.03. The Morgan fingerprint density at radius 1 is 0.895 bits per heavy atom. The average molecular weight is 270 g/mol. The van der Waals surface area contributed by atoms with E-state index in [1.54, 1.807) is 0 Å². The first-order valence-corrected chi connectivity index (χ1v) is 6.78. The van der Waals surface area contributed by atoms with E-state index in [9.17, 15) is 13.2 Å². The van der Waals surface area contributed by atoms with Gasteiger partial charge in [0.15, 0.2) is 11.6 Å². The fraction of sp³-hybridized carbons (Fsp3) is 0.571. The van der Waals surface area contributed by atoms with Crippen molar-refractivity contribution in [3.8, 4) is 0 Å². The SMILES string of the molecule is Fc1cc(F)c(N2CCCN3CCCC3C2)cc1F. The maximum absolute atomic E-state index is 13.8. The molecule has 0 bridgehead atoms. The molecule has 104 valence electrons. The molecule has 0 aliphatic carbocycles.